The van der Waals surface area contributed by atoms with Crippen LogP contribution in [0.1, 0.15) is 52.9 Å². The van der Waals surface area contributed by atoms with Crippen LogP contribution in [-0.4, -0.2) is 67.9 Å². The summed E-state index contributed by atoms with van der Waals surface area (Å²) in [4.78, 5) is 16.4. The van der Waals surface area contributed by atoms with Crippen molar-refractivity contribution in [2.24, 2.45) is 11.8 Å². The second-order valence-electron chi connectivity index (χ2n) is 8.52. The molecule has 2 aliphatic heterocycles. The molecule has 1 unspecified atom stereocenters. The van der Waals surface area contributed by atoms with Crippen molar-refractivity contribution in [1.29, 1.82) is 0 Å². The highest BCUT2D eigenvalue weighted by Crippen LogP contribution is 2.23. The molecule has 0 N–H and O–H groups in total. The molecule has 2 aliphatic rings. The van der Waals surface area contributed by atoms with Crippen LogP contribution in [0.3, 0.4) is 0 Å². The van der Waals surface area contributed by atoms with Crippen LogP contribution in [-0.2, 0) is 9.47 Å². The molecule has 2 rings (SSSR count). The number of nitrogens with zero attached hydrogens (tertiary/aromatic N) is 2. The Bertz CT molecular complexity index is 389. The molecule has 1 amide bonds. The second-order valence-corrected chi connectivity index (χ2v) is 8.52. The molecule has 2 heterocycles. The molecule has 2 fully saturated rings. The van der Waals surface area contributed by atoms with Crippen molar-refractivity contribution >= 4 is 6.09 Å². The van der Waals surface area contributed by atoms with Gasteiger partial charge in [-0.3, -0.25) is 0 Å². The van der Waals surface area contributed by atoms with Crippen LogP contribution in [0.2, 0.25) is 0 Å². The number of likely N-dealkylation sites (tertiary alicyclic amines) is 1. The van der Waals surface area contributed by atoms with E-state index in [0.717, 1.165) is 45.2 Å². The van der Waals surface area contributed by atoms with Crippen molar-refractivity contribution in [3.63, 3.8) is 0 Å². The van der Waals surface area contributed by atoms with Gasteiger partial charge in [0.25, 0.3) is 0 Å². The highest BCUT2D eigenvalue weighted by atomic mass is 16.6. The van der Waals surface area contributed by atoms with E-state index in [1.807, 2.05) is 25.7 Å². The van der Waals surface area contributed by atoms with Gasteiger partial charge in [0.05, 0.1) is 0 Å². The average Bonchev–Trinajstić information content (AvgIpc) is 2.99. The lowest BCUT2D eigenvalue weighted by Crippen LogP contribution is -2.35. The third-order valence-corrected chi connectivity index (χ3v) is 5.12. The summed E-state index contributed by atoms with van der Waals surface area (Å²) in [7, 11) is 2.22. The van der Waals surface area contributed by atoms with Gasteiger partial charge >= 0.3 is 6.09 Å². The molecule has 0 saturated carbocycles. The Kier molecular flexibility index (Phi) is 7.35. The minimum absolute atomic E-state index is 0.155. The summed E-state index contributed by atoms with van der Waals surface area (Å²) in [5.41, 5.74) is -0.403. The lowest BCUT2D eigenvalue weighted by molar-refractivity contribution is 0.0287. The van der Waals surface area contributed by atoms with Gasteiger partial charge in [0.15, 0.2) is 0 Å². The van der Waals surface area contributed by atoms with Crippen LogP contribution in [0, 0.1) is 11.8 Å². The number of carbonyl (C=O) groups excluding carboxylic acids is 1. The molecule has 0 aromatic carbocycles. The largest absolute Gasteiger partial charge is 0.444 e. The molecule has 5 heteroatoms. The Morgan fingerprint density at radius 1 is 1.12 bits per heavy atom. The standard InChI is InChI=1S/C19H36N2O3/c1-19(2,3)24-18(22)21-12-7-17(15-21)6-11-20(4)10-5-16-8-13-23-14-9-16/h16-17H,5-15H2,1-4H3. The van der Waals surface area contributed by atoms with Crippen LogP contribution in [0.25, 0.3) is 0 Å². The maximum Gasteiger partial charge on any atom is 0.410 e. The molecule has 1 atom stereocenters. The Morgan fingerprint density at radius 2 is 1.75 bits per heavy atom. The Balaban J connectivity index is 1.59. The molecule has 0 radical (unpaired) electrons. The lowest BCUT2D eigenvalue weighted by atomic mass is 9.96. The van der Waals surface area contributed by atoms with Gasteiger partial charge in [-0.2, -0.15) is 0 Å². The molecule has 5 nitrogen and oxygen atoms in total. The van der Waals surface area contributed by atoms with Crippen LogP contribution >= 0.6 is 0 Å². The normalized spacial score (nSPS) is 23.0. The number of carbonyl (C=O) groups is 1. The summed E-state index contributed by atoms with van der Waals surface area (Å²) >= 11 is 0. The van der Waals surface area contributed by atoms with Crippen molar-refractivity contribution in [3.05, 3.63) is 0 Å². The number of ether oxygens (including phenoxy) is 2. The third kappa shape index (κ3) is 6.98. The lowest BCUT2D eigenvalue weighted by Gasteiger charge is -2.26. The van der Waals surface area contributed by atoms with E-state index >= 15 is 0 Å². The summed E-state index contributed by atoms with van der Waals surface area (Å²) in [6.45, 7) is 11.6. The molecule has 140 valence electrons. The Morgan fingerprint density at radius 3 is 2.38 bits per heavy atom. The molecule has 24 heavy (non-hydrogen) atoms. The van der Waals surface area contributed by atoms with E-state index in [0.29, 0.717) is 5.92 Å². The Labute approximate surface area is 147 Å². The predicted octanol–water partition coefficient (Wildman–Crippen LogP) is 3.38. The topological polar surface area (TPSA) is 42.0 Å². The van der Waals surface area contributed by atoms with Gasteiger partial charge in [-0.25, -0.2) is 4.79 Å². The molecule has 0 aromatic heterocycles. The van der Waals surface area contributed by atoms with Gasteiger partial charge in [-0.15, -0.1) is 0 Å². The fourth-order valence-electron chi connectivity index (χ4n) is 3.51. The van der Waals surface area contributed by atoms with E-state index in [1.165, 1.54) is 32.2 Å². The van der Waals surface area contributed by atoms with Crippen LogP contribution in [0.5, 0.6) is 0 Å². The molecular formula is C19H36N2O3. The van der Waals surface area contributed by atoms with Crippen LogP contribution < -0.4 is 0 Å². The maximum absolute atomic E-state index is 12.1. The SMILES string of the molecule is CN(CCC1CCOCC1)CCC1CCN(C(=O)OC(C)(C)C)C1. The van der Waals surface area contributed by atoms with Crippen LogP contribution in [0.15, 0.2) is 0 Å². The van der Waals surface area contributed by atoms with E-state index in [9.17, 15) is 4.79 Å². The number of amides is 1. The smallest absolute Gasteiger partial charge is 0.410 e. The molecule has 0 bridgehead atoms. The number of hydrogen-bond donors (Lipinski definition) is 0. The van der Waals surface area contributed by atoms with Crippen molar-refractivity contribution in [1.82, 2.24) is 9.80 Å². The first-order valence-corrected chi connectivity index (χ1v) is 9.57. The van der Waals surface area contributed by atoms with E-state index in [-0.39, 0.29) is 6.09 Å². The van der Waals surface area contributed by atoms with Crippen LogP contribution in [0.4, 0.5) is 4.79 Å². The van der Waals surface area contributed by atoms with E-state index in [4.69, 9.17) is 9.47 Å². The Hall–Kier alpha value is -0.810. The summed E-state index contributed by atoms with van der Waals surface area (Å²) in [5.74, 6) is 1.46. The van der Waals surface area contributed by atoms with E-state index < -0.39 is 5.60 Å². The summed E-state index contributed by atoms with van der Waals surface area (Å²) in [6.07, 6.45) is 5.85. The van der Waals surface area contributed by atoms with Crippen molar-refractivity contribution < 1.29 is 14.3 Å². The zero-order chi connectivity index (χ0) is 17.6. The van der Waals surface area contributed by atoms with Crippen molar-refractivity contribution in [2.75, 3.05) is 46.4 Å². The highest BCUT2D eigenvalue weighted by Gasteiger charge is 2.29. The fourth-order valence-corrected chi connectivity index (χ4v) is 3.51. The van der Waals surface area contributed by atoms with Gasteiger partial charge in [0.2, 0.25) is 0 Å². The summed E-state index contributed by atoms with van der Waals surface area (Å²) < 4.78 is 10.9. The maximum atomic E-state index is 12.1. The van der Waals surface area contributed by atoms with Crippen molar-refractivity contribution in [2.45, 2.75) is 58.5 Å². The van der Waals surface area contributed by atoms with Gasteiger partial charge in [0.1, 0.15) is 5.60 Å². The predicted molar refractivity (Wildman–Crippen MR) is 96.2 cm³/mol. The molecule has 2 saturated heterocycles. The zero-order valence-electron chi connectivity index (χ0n) is 16.1. The third-order valence-electron chi connectivity index (χ3n) is 5.12. The molecular weight excluding hydrogens is 304 g/mol. The summed E-state index contributed by atoms with van der Waals surface area (Å²) in [5, 5.41) is 0. The minimum atomic E-state index is -0.403. The zero-order valence-corrected chi connectivity index (χ0v) is 16.1. The van der Waals surface area contributed by atoms with Gasteiger partial charge in [0, 0.05) is 26.3 Å². The molecule has 0 aliphatic carbocycles. The average molecular weight is 341 g/mol. The van der Waals surface area contributed by atoms with Crippen molar-refractivity contribution in [3.8, 4) is 0 Å². The molecule has 0 aromatic rings. The van der Waals surface area contributed by atoms with Gasteiger partial charge in [-0.1, -0.05) is 0 Å². The first-order chi connectivity index (χ1) is 11.3. The monoisotopic (exact) mass is 340 g/mol. The first kappa shape index (κ1) is 19.5. The van der Waals surface area contributed by atoms with E-state index in [2.05, 4.69) is 11.9 Å². The summed E-state index contributed by atoms with van der Waals surface area (Å²) in [6, 6.07) is 0. The van der Waals surface area contributed by atoms with Gasteiger partial charge < -0.3 is 19.3 Å². The minimum Gasteiger partial charge on any atom is -0.444 e. The second kappa shape index (κ2) is 9.04. The first-order valence-electron chi connectivity index (χ1n) is 9.57. The quantitative estimate of drug-likeness (QED) is 0.743. The fraction of sp³-hybridized carbons (Fsp3) is 0.947. The highest BCUT2D eigenvalue weighted by molar-refractivity contribution is 5.68. The number of hydrogen-bond acceptors (Lipinski definition) is 4. The number of rotatable bonds is 6. The van der Waals surface area contributed by atoms with Gasteiger partial charge in [-0.05, 0) is 84.8 Å². The molecule has 0 spiro atoms. The van der Waals surface area contributed by atoms with E-state index in [1.54, 1.807) is 0 Å².